The molecule has 36 heavy (non-hydrogen) atoms. The first-order chi connectivity index (χ1) is 17.1. The van der Waals surface area contributed by atoms with Crippen molar-refractivity contribution in [3.8, 4) is 11.4 Å². The van der Waals surface area contributed by atoms with Gasteiger partial charge in [-0.3, -0.25) is 4.79 Å². The number of rotatable bonds is 11. The molecule has 10 heteroatoms. The molecule has 3 rings (SSSR count). The number of aromatic nitrogens is 3. The maximum Gasteiger partial charge on any atom is 0.251 e. The van der Waals surface area contributed by atoms with E-state index in [1.54, 1.807) is 4.68 Å². The van der Waals surface area contributed by atoms with Crippen LogP contribution in [0.4, 0.5) is 8.78 Å². The number of carbonyl (C=O) groups is 1. The number of benzene rings is 2. The van der Waals surface area contributed by atoms with Crippen molar-refractivity contribution in [2.24, 2.45) is 11.7 Å². The van der Waals surface area contributed by atoms with Crippen LogP contribution in [0.15, 0.2) is 48.5 Å². The van der Waals surface area contributed by atoms with Gasteiger partial charge in [-0.2, -0.15) is 5.10 Å². The minimum Gasteiger partial charge on any atom is -0.384 e. The topological polar surface area (TPSA) is 97.3 Å². The summed E-state index contributed by atoms with van der Waals surface area (Å²) in [5.41, 5.74) is 6.85. The van der Waals surface area contributed by atoms with Crippen LogP contribution in [0.3, 0.4) is 0 Å². The third-order valence-corrected chi connectivity index (χ3v) is 6.09. The molecule has 0 aliphatic rings. The van der Waals surface area contributed by atoms with E-state index in [-0.39, 0.29) is 30.3 Å². The van der Waals surface area contributed by atoms with Crippen molar-refractivity contribution >= 4 is 17.5 Å². The van der Waals surface area contributed by atoms with E-state index in [9.17, 15) is 18.7 Å². The van der Waals surface area contributed by atoms with Gasteiger partial charge in [0.1, 0.15) is 18.6 Å². The average molecular weight is 520 g/mol. The number of aliphatic hydroxyl groups excluding tert-OH is 1. The van der Waals surface area contributed by atoms with Gasteiger partial charge >= 0.3 is 0 Å². The molecule has 3 aromatic rings. The monoisotopic (exact) mass is 519 g/mol. The Labute approximate surface area is 214 Å². The first-order valence-corrected chi connectivity index (χ1v) is 12.2. The third kappa shape index (κ3) is 6.66. The van der Waals surface area contributed by atoms with Crippen molar-refractivity contribution in [1.82, 2.24) is 19.7 Å². The maximum atomic E-state index is 14.7. The van der Waals surface area contributed by atoms with Gasteiger partial charge in [0.05, 0.1) is 18.2 Å². The van der Waals surface area contributed by atoms with E-state index in [0.29, 0.717) is 17.4 Å². The van der Waals surface area contributed by atoms with Crippen LogP contribution in [-0.4, -0.2) is 56.0 Å². The molecular weight excluding hydrogens is 488 g/mol. The number of amides is 1. The minimum absolute atomic E-state index is 0.108. The Hall–Kier alpha value is -2.88. The summed E-state index contributed by atoms with van der Waals surface area (Å²) >= 11 is 6.12. The zero-order valence-corrected chi connectivity index (χ0v) is 21.4. The van der Waals surface area contributed by atoms with Crippen molar-refractivity contribution in [2.75, 3.05) is 13.2 Å². The van der Waals surface area contributed by atoms with Gasteiger partial charge in [-0.25, -0.2) is 18.4 Å². The second kappa shape index (κ2) is 12.4. The fraction of sp³-hybridized carbons (Fsp3) is 0.423. The van der Waals surface area contributed by atoms with Crippen molar-refractivity contribution in [2.45, 2.75) is 51.9 Å². The van der Waals surface area contributed by atoms with E-state index in [1.807, 2.05) is 44.2 Å². The molecular formula is C26H32ClF2N5O2. The van der Waals surface area contributed by atoms with E-state index in [2.05, 4.69) is 10.1 Å². The minimum atomic E-state index is -1.29. The van der Waals surface area contributed by atoms with Crippen molar-refractivity contribution in [3.63, 3.8) is 0 Å². The van der Waals surface area contributed by atoms with Crippen molar-refractivity contribution in [3.05, 3.63) is 70.8 Å². The van der Waals surface area contributed by atoms with E-state index >= 15 is 0 Å². The van der Waals surface area contributed by atoms with Crippen LogP contribution in [-0.2, 0) is 11.3 Å². The Morgan fingerprint density at radius 3 is 2.50 bits per heavy atom. The summed E-state index contributed by atoms with van der Waals surface area (Å²) in [5, 5.41) is 15.1. The number of hydrogen-bond donors (Lipinski definition) is 2. The summed E-state index contributed by atoms with van der Waals surface area (Å²) in [6, 6.07) is 12.3. The molecule has 0 aliphatic carbocycles. The number of halogens is 3. The van der Waals surface area contributed by atoms with Gasteiger partial charge in [-0.05, 0) is 43.0 Å². The quantitative estimate of drug-likeness (QED) is 0.392. The Balaban J connectivity index is 2.15. The van der Waals surface area contributed by atoms with E-state index in [1.165, 1.54) is 30.0 Å². The normalized spacial score (nSPS) is 14.0. The van der Waals surface area contributed by atoms with Crippen LogP contribution < -0.4 is 5.73 Å². The molecule has 0 bridgehead atoms. The zero-order valence-electron chi connectivity index (χ0n) is 20.6. The predicted molar refractivity (Wildman–Crippen MR) is 136 cm³/mol. The number of aliphatic hydroxyl groups is 1. The standard InChI is InChI=1S/C26H32ClF2N5O2/c1-16(2)23(33(26(36)17(3)35)12-11-20(30)14-28)25-31-24(21-13-19(27)9-10-22(21)29)32-34(25)15-18-7-5-4-6-8-18/h4-10,13,16-17,20,23,35H,11-12,14-15,30H2,1-3H3/t17-,20-,23+/m0/s1. The summed E-state index contributed by atoms with van der Waals surface area (Å²) in [7, 11) is 0. The van der Waals surface area contributed by atoms with Gasteiger partial charge in [-0.1, -0.05) is 55.8 Å². The molecule has 1 amide bonds. The van der Waals surface area contributed by atoms with Crippen LogP contribution >= 0.6 is 11.6 Å². The highest BCUT2D eigenvalue weighted by Crippen LogP contribution is 2.32. The SMILES string of the molecule is CC(C)[C@H](c1nc(-c2cc(Cl)ccc2F)nn1Cc1ccccc1)N(CC[C@H](N)CF)C(=O)[C@H](C)O. The van der Waals surface area contributed by atoms with Gasteiger partial charge in [0.15, 0.2) is 11.6 Å². The van der Waals surface area contributed by atoms with Crippen LogP contribution in [0.5, 0.6) is 0 Å². The Kier molecular flexibility index (Phi) is 9.53. The molecule has 0 fully saturated rings. The fourth-order valence-electron chi connectivity index (χ4n) is 4.03. The lowest BCUT2D eigenvalue weighted by molar-refractivity contribution is -0.143. The average Bonchev–Trinajstić information content (AvgIpc) is 3.25. The zero-order chi connectivity index (χ0) is 26.4. The summed E-state index contributed by atoms with van der Waals surface area (Å²) in [6.45, 7) is 4.88. The van der Waals surface area contributed by atoms with Crippen molar-refractivity contribution in [1.29, 1.82) is 0 Å². The number of carbonyl (C=O) groups excluding carboxylic acids is 1. The number of nitrogens with two attached hydrogens (primary N) is 1. The summed E-state index contributed by atoms with van der Waals surface area (Å²) in [4.78, 5) is 19.3. The van der Waals surface area contributed by atoms with E-state index < -0.39 is 36.6 Å². The van der Waals surface area contributed by atoms with Gasteiger partial charge in [0.25, 0.3) is 5.91 Å². The lowest BCUT2D eigenvalue weighted by atomic mass is 9.99. The molecule has 0 unspecified atom stereocenters. The van der Waals surface area contributed by atoms with Crippen LogP contribution in [0.2, 0.25) is 5.02 Å². The molecule has 2 aromatic carbocycles. The Morgan fingerprint density at radius 1 is 1.19 bits per heavy atom. The van der Waals surface area contributed by atoms with Crippen LogP contribution in [0.1, 0.15) is 44.6 Å². The molecule has 0 saturated heterocycles. The van der Waals surface area contributed by atoms with Gasteiger partial charge < -0.3 is 15.7 Å². The van der Waals surface area contributed by atoms with E-state index in [4.69, 9.17) is 17.3 Å². The third-order valence-electron chi connectivity index (χ3n) is 5.86. The van der Waals surface area contributed by atoms with Gasteiger partial charge in [-0.15, -0.1) is 0 Å². The molecule has 3 N–H and O–H groups in total. The highest BCUT2D eigenvalue weighted by Gasteiger charge is 2.34. The molecule has 0 aliphatic heterocycles. The Bertz CT molecular complexity index is 1160. The molecule has 0 radical (unpaired) electrons. The molecule has 0 spiro atoms. The predicted octanol–water partition coefficient (Wildman–Crippen LogP) is 4.38. The molecule has 0 saturated carbocycles. The molecule has 7 nitrogen and oxygen atoms in total. The first-order valence-electron chi connectivity index (χ1n) is 11.9. The fourth-order valence-corrected chi connectivity index (χ4v) is 4.21. The summed E-state index contributed by atoms with van der Waals surface area (Å²) in [5.74, 6) is -0.716. The van der Waals surface area contributed by atoms with Gasteiger partial charge in [0, 0.05) is 17.6 Å². The smallest absolute Gasteiger partial charge is 0.251 e. The van der Waals surface area contributed by atoms with Crippen LogP contribution in [0.25, 0.3) is 11.4 Å². The van der Waals surface area contributed by atoms with Crippen molar-refractivity contribution < 1.29 is 18.7 Å². The lowest BCUT2D eigenvalue weighted by Gasteiger charge is -2.35. The second-order valence-corrected chi connectivity index (χ2v) is 9.60. The number of hydrogen-bond acceptors (Lipinski definition) is 5. The summed E-state index contributed by atoms with van der Waals surface area (Å²) < 4.78 is 29.5. The highest BCUT2D eigenvalue weighted by molar-refractivity contribution is 6.30. The van der Waals surface area contributed by atoms with E-state index in [0.717, 1.165) is 5.56 Å². The molecule has 1 heterocycles. The van der Waals surface area contributed by atoms with Crippen LogP contribution in [0, 0.1) is 11.7 Å². The summed E-state index contributed by atoms with van der Waals surface area (Å²) in [6.07, 6.45) is -1.09. The molecule has 3 atom stereocenters. The number of alkyl halides is 1. The lowest BCUT2D eigenvalue weighted by Crippen LogP contribution is -2.45. The molecule has 1 aromatic heterocycles. The number of nitrogens with zero attached hydrogens (tertiary/aromatic N) is 4. The molecule has 194 valence electrons. The largest absolute Gasteiger partial charge is 0.384 e. The second-order valence-electron chi connectivity index (χ2n) is 9.16. The maximum absolute atomic E-state index is 14.7. The first kappa shape index (κ1) is 27.7. The van der Waals surface area contributed by atoms with Gasteiger partial charge in [0.2, 0.25) is 0 Å². The highest BCUT2D eigenvalue weighted by atomic mass is 35.5. The Morgan fingerprint density at radius 2 is 1.89 bits per heavy atom.